The first-order valence-corrected chi connectivity index (χ1v) is 4.72. The summed E-state index contributed by atoms with van der Waals surface area (Å²) < 4.78 is 0. The quantitative estimate of drug-likeness (QED) is 0.652. The summed E-state index contributed by atoms with van der Waals surface area (Å²) in [4.78, 5) is 0. The van der Waals surface area contributed by atoms with E-state index >= 15 is 0 Å². The topological polar surface area (TPSA) is 20.2 Å². The normalized spacial score (nSPS) is 16.9. The van der Waals surface area contributed by atoms with E-state index in [4.69, 9.17) is 5.11 Å². The van der Waals surface area contributed by atoms with Crippen LogP contribution in [0.2, 0.25) is 0 Å². The van der Waals surface area contributed by atoms with Gasteiger partial charge in [-0.25, -0.2) is 0 Å². The second kappa shape index (κ2) is 5.59. The molecule has 2 unspecified atom stereocenters. The molecule has 0 aliphatic carbocycles. The van der Waals surface area contributed by atoms with Crippen molar-refractivity contribution in [2.45, 2.75) is 40.5 Å². The number of aliphatic hydroxyl groups excluding tert-OH is 1. The van der Waals surface area contributed by atoms with Crippen molar-refractivity contribution in [2.24, 2.45) is 17.8 Å². The molecule has 1 heteroatoms. The minimum absolute atomic E-state index is 0.337. The summed E-state index contributed by atoms with van der Waals surface area (Å²) >= 11 is 0. The Bertz CT molecular complexity index is 88.9. The number of aliphatic hydroxyl groups is 1. The van der Waals surface area contributed by atoms with Crippen LogP contribution >= 0.6 is 0 Å². The number of hydrogen-bond acceptors (Lipinski definition) is 1. The predicted octanol–water partition coefficient (Wildman–Crippen LogP) is 2.69. The summed E-state index contributed by atoms with van der Waals surface area (Å²) in [5.74, 6) is 2.02. The van der Waals surface area contributed by atoms with Gasteiger partial charge in [-0.3, -0.25) is 0 Å². The first-order chi connectivity index (χ1) is 5.11. The second-order valence-corrected chi connectivity index (χ2v) is 3.94. The van der Waals surface area contributed by atoms with Gasteiger partial charge in [-0.15, -0.1) is 0 Å². The van der Waals surface area contributed by atoms with E-state index in [1.54, 1.807) is 0 Å². The van der Waals surface area contributed by atoms with Gasteiger partial charge < -0.3 is 5.11 Å². The molecule has 2 atom stereocenters. The van der Waals surface area contributed by atoms with Crippen molar-refractivity contribution in [1.29, 1.82) is 0 Å². The largest absolute Gasteiger partial charge is 0.396 e. The summed E-state index contributed by atoms with van der Waals surface area (Å²) in [6.45, 7) is 9.21. The standard InChI is InChI=1S/C10H22O/c1-5-10(8(2)3)6-9(4)7-11/h8-11H,5-7H2,1-4H3. The van der Waals surface area contributed by atoms with Gasteiger partial charge in [0.1, 0.15) is 0 Å². The van der Waals surface area contributed by atoms with Gasteiger partial charge >= 0.3 is 0 Å². The lowest BCUT2D eigenvalue weighted by atomic mass is 9.85. The highest BCUT2D eigenvalue weighted by Crippen LogP contribution is 2.22. The van der Waals surface area contributed by atoms with Crippen molar-refractivity contribution in [3.05, 3.63) is 0 Å². The van der Waals surface area contributed by atoms with E-state index in [1.165, 1.54) is 12.8 Å². The highest BCUT2D eigenvalue weighted by atomic mass is 16.3. The van der Waals surface area contributed by atoms with Crippen molar-refractivity contribution in [1.82, 2.24) is 0 Å². The van der Waals surface area contributed by atoms with Crippen molar-refractivity contribution in [2.75, 3.05) is 6.61 Å². The van der Waals surface area contributed by atoms with E-state index in [2.05, 4.69) is 27.7 Å². The Kier molecular flexibility index (Phi) is 5.57. The van der Waals surface area contributed by atoms with Gasteiger partial charge in [0.05, 0.1) is 0 Å². The maximum Gasteiger partial charge on any atom is 0.0456 e. The van der Waals surface area contributed by atoms with Crippen LogP contribution in [0, 0.1) is 17.8 Å². The fraction of sp³-hybridized carbons (Fsp3) is 1.00. The zero-order valence-corrected chi connectivity index (χ0v) is 8.30. The highest BCUT2D eigenvalue weighted by Gasteiger charge is 2.13. The molecule has 0 saturated carbocycles. The third kappa shape index (κ3) is 4.41. The molecular weight excluding hydrogens is 136 g/mol. The van der Waals surface area contributed by atoms with Crippen molar-refractivity contribution >= 4 is 0 Å². The average molecular weight is 158 g/mol. The summed E-state index contributed by atoms with van der Waals surface area (Å²) in [7, 11) is 0. The van der Waals surface area contributed by atoms with Crippen LogP contribution < -0.4 is 0 Å². The zero-order chi connectivity index (χ0) is 8.85. The first-order valence-electron chi connectivity index (χ1n) is 4.72. The third-order valence-corrected chi connectivity index (χ3v) is 2.48. The van der Waals surface area contributed by atoms with Crippen LogP contribution in [-0.2, 0) is 0 Å². The minimum Gasteiger partial charge on any atom is -0.396 e. The second-order valence-electron chi connectivity index (χ2n) is 3.94. The summed E-state index contributed by atoms with van der Waals surface area (Å²) in [6, 6.07) is 0. The molecule has 0 aromatic heterocycles. The smallest absolute Gasteiger partial charge is 0.0456 e. The molecule has 11 heavy (non-hydrogen) atoms. The van der Waals surface area contributed by atoms with Gasteiger partial charge in [0.15, 0.2) is 0 Å². The Morgan fingerprint density at radius 2 is 1.73 bits per heavy atom. The molecule has 68 valence electrons. The summed E-state index contributed by atoms with van der Waals surface area (Å²) in [5.41, 5.74) is 0. The molecule has 0 aromatic rings. The maximum absolute atomic E-state index is 8.86. The van der Waals surface area contributed by atoms with Crippen LogP contribution in [0.25, 0.3) is 0 Å². The van der Waals surface area contributed by atoms with Gasteiger partial charge in [0.25, 0.3) is 0 Å². The minimum atomic E-state index is 0.337. The Morgan fingerprint density at radius 3 is 2.00 bits per heavy atom. The van der Waals surface area contributed by atoms with Crippen LogP contribution in [0.15, 0.2) is 0 Å². The molecule has 1 N–H and O–H groups in total. The fourth-order valence-corrected chi connectivity index (χ4v) is 1.50. The molecule has 0 saturated heterocycles. The predicted molar refractivity (Wildman–Crippen MR) is 49.5 cm³/mol. The maximum atomic E-state index is 8.86. The van der Waals surface area contributed by atoms with Gasteiger partial charge in [0.2, 0.25) is 0 Å². The average Bonchev–Trinajstić information content (AvgIpc) is 1.99. The molecule has 0 amide bonds. The van der Waals surface area contributed by atoms with E-state index in [1.807, 2.05) is 0 Å². The lowest BCUT2D eigenvalue weighted by Crippen LogP contribution is -2.13. The molecule has 1 nitrogen and oxygen atoms in total. The molecule has 0 bridgehead atoms. The van der Waals surface area contributed by atoms with E-state index in [0.29, 0.717) is 12.5 Å². The van der Waals surface area contributed by atoms with Crippen LogP contribution in [0.5, 0.6) is 0 Å². The van der Waals surface area contributed by atoms with Crippen molar-refractivity contribution in [3.8, 4) is 0 Å². The Morgan fingerprint density at radius 1 is 1.18 bits per heavy atom. The Labute approximate surface area is 70.8 Å². The van der Waals surface area contributed by atoms with E-state index in [9.17, 15) is 0 Å². The SMILES string of the molecule is CCC(CC(C)CO)C(C)C. The Hall–Kier alpha value is -0.0400. The lowest BCUT2D eigenvalue weighted by Gasteiger charge is -2.21. The van der Waals surface area contributed by atoms with Gasteiger partial charge in [-0.1, -0.05) is 34.1 Å². The first kappa shape index (κ1) is 11.0. The van der Waals surface area contributed by atoms with E-state index < -0.39 is 0 Å². The molecule has 0 rings (SSSR count). The number of hydrogen-bond donors (Lipinski definition) is 1. The van der Waals surface area contributed by atoms with Crippen LogP contribution in [0.1, 0.15) is 40.5 Å². The van der Waals surface area contributed by atoms with Crippen LogP contribution in [-0.4, -0.2) is 11.7 Å². The fourth-order valence-electron chi connectivity index (χ4n) is 1.50. The summed E-state index contributed by atoms with van der Waals surface area (Å²) in [6.07, 6.45) is 2.41. The lowest BCUT2D eigenvalue weighted by molar-refractivity contribution is 0.195. The molecule has 0 aliphatic rings. The van der Waals surface area contributed by atoms with E-state index in [0.717, 1.165) is 11.8 Å². The molecular formula is C10H22O. The van der Waals surface area contributed by atoms with Crippen LogP contribution in [0.4, 0.5) is 0 Å². The number of rotatable bonds is 5. The third-order valence-electron chi connectivity index (χ3n) is 2.48. The zero-order valence-electron chi connectivity index (χ0n) is 8.30. The van der Waals surface area contributed by atoms with Gasteiger partial charge in [0, 0.05) is 6.61 Å². The molecule has 0 radical (unpaired) electrons. The van der Waals surface area contributed by atoms with E-state index in [-0.39, 0.29) is 0 Å². The highest BCUT2D eigenvalue weighted by molar-refractivity contribution is 4.64. The van der Waals surface area contributed by atoms with Crippen molar-refractivity contribution < 1.29 is 5.11 Å². The van der Waals surface area contributed by atoms with Gasteiger partial charge in [-0.05, 0) is 24.2 Å². The monoisotopic (exact) mass is 158 g/mol. The molecule has 0 aromatic carbocycles. The van der Waals surface area contributed by atoms with Crippen LogP contribution in [0.3, 0.4) is 0 Å². The summed E-state index contributed by atoms with van der Waals surface area (Å²) in [5, 5.41) is 8.86. The molecule has 0 fully saturated rings. The molecule has 0 spiro atoms. The van der Waals surface area contributed by atoms with Gasteiger partial charge in [-0.2, -0.15) is 0 Å². The Balaban J connectivity index is 3.68. The van der Waals surface area contributed by atoms with Crippen molar-refractivity contribution in [3.63, 3.8) is 0 Å². The molecule has 0 heterocycles. The molecule has 0 aliphatic heterocycles.